The van der Waals surface area contributed by atoms with Crippen LogP contribution in [-0.2, 0) is 10.3 Å². The molecule has 1 N–H and O–H groups in total. The number of pyridine rings is 1. The van der Waals surface area contributed by atoms with E-state index in [1.807, 2.05) is 13.0 Å². The molecule has 0 aromatic carbocycles. The minimum absolute atomic E-state index is 0.168. The average Bonchev–Trinajstić information content (AvgIpc) is 2.27. The summed E-state index contributed by atoms with van der Waals surface area (Å²) in [6.07, 6.45) is 4.75. The van der Waals surface area contributed by atoms with E-state index in [4.69, 9.17) is 9.47 Å². The molecule has 88 valence electrons. The zero-order valence-corrected chi connectivity index (χ0v) is 9.64. The Labute approximate surface area is 95.2 Å². The molecule has 0 unspecified atom stereocenters. The van der Waals surface area contributed by atoms with Crippen molar-refractivity contribution >= 4 is 0 Å². The molecule has 1 saturated carbocycles. The number of rotatable bonds is 4. The van der Waals surface area contributed by atoms with Crippen molar-refractivity contribution in [2.75, 3.05) is 13.7 Å². The summed E-state index contributed by atoms with van der Waals surface area (Å²) in [5.41, 5.74) is 0.0179. The van der Waals surface area contributed by atoms with Crippen LogP contribution < -0.4 is 4.74 Å². The molecule has 1 fully saturated rings. The van der Waals surface area contributed by atoms with E-state index in [1.54, 1.807) is 19.5 Å². The van der Waals surface area contributed by atoms with Gasteiger partial charge in [0, 0.05) is 31.2 Å². The summed E-state index contributed by atoms with van der Waals surface area (Å²) in [7, 11) is 1.59. The molecular weight excluding hydrogens is 206 g/mol. The standard InChI is InChI=1S/C12H17NO3/c1-3-16-11-5-12(14,6-11)9-4-10(15-2)8-13-7-9/h4,7-8,11,14H,3,5-6H2,1-2H3. The minimum atomic E-state index is -0.790. The topological polar surface area (TPSA) is 51.6 Å². The molecule has 1 aromatic heterocycles. The Bertz CT molecular complexity index is 361. The van der Waals surface area contributed by atoms with E-state index < -0.39 is 5.60 Å². The second kappa shape index (κ2) is 4.39. The molecule has 4 heteroatoms. The lowest BCUT2D eigenvalue weighted by atomic mass is 9.73. The summed E-state index contributed by atoms with van der Waals surface area (Å²) in [4.78, 5) is 4.05. The Morgan fingerprint density at radius 1 is 1.50 bits per heavy atom. The monoisotopic (exact) mass is 223 g/mol. The van der Waals surface area contributed by atoms with Crippen molar-refractivity contribution in [3.05, 3.63) is 24.0 Å². The lowest BCUT2D eigenvalue weighted by Crippen LogP contribution is -2.45. The Kier molecular flexibility index (Phi) is 3.12. The smallest absolute Gasteiger partial charge is 0.137 e. The second-order valence-electron chi connectivity index (χ2n) is 4.13. The van der Waals surface area contributed by atoms with Gasteiger partial charge in [-0.05, 0) is 13.0 Å². The highest BCUT2D eigenvalue weighted by molar-refractivity contribution is 5.30. The van der Waals surface area contributed by atoms with Crippen molar-refractivity contribution in [2.45, 2.75) is 31.5 Å². The summed E-state index contributed by atoms with van der Waals surface area (Å²) < 4.78 is 10.5. The highest BCUT2D eigenvalue weighted by Crippen LogP contribution is 2.43. The molecule has 1 heterocycles. The molecule has 1 aromatic rings. The molecular formula is C12H17NO3. The molecule has 0 amide bonds. The Balaban J connectivity index is 2.07. The fourth-order valence-corrected chi connectivity index (χ4v) is 2.07. The zero-order chi connectivity index (χ0) is 11.6. The molecule has 16 heavy (non-hydrogen) atoms. The highest BCUT2D eigenvalue weighted by atomic mass is 16.5. The lowest BCUT2D eigenvalue weighted by Gasteiger charge is -2.43. The second-order valence-corrected chi connectivity index (χ2v) is 4.13. The van der Waals surface area contributed by atoms with Crippen molar-refractivity contribution < 1.29 is 14.6 Å². The number of hydrogen-bond donors (Lipinski definition) is 1. The number of hydrogen-bond acceptors (Lipinski definition) is 4. The fourth-order valence-electron chi connectivity index (χ4n) is 2.07. The van der Waals surface area contributed by atoms with Crippen molar-refractivity contribution in [1.82, 2.24) is 4.98 Å². The van der Waals surface area contributed by atoms with Gasteiger partial charge in [-0.2, -0.15) is 0 Å². The van der Waals surface area contributed by atoms with Gasteiger partial charge in [0.05, 0.1) is 25.0 Å². The van der Waals surface area contributed by atoms with Crippen LogP contribution in [0.4, 0.5) is 0 Å². The average molecular weight is 223 g/mol. The van der Waals surface area contributed by atoms with Crippen LogP contribution in [0.5, 0.6) is 5.75 Å². The van der Waals surface area contributed by atoms with Gasteiger partial charge in [-0.3, -0.25) is 4.98 Å². The maximum Gasteiger partial charge on any atom is 0.137 e. The first-order valence-electron chi connectivity index (χ1n) is 5.51. The molecule has 2 rings (SSSR count). The van der Waals surface area contributed by atoms with Crippen molar-refractivity contribution in [2.24, 2.45) is 0 Å². The third kappa shape index (κ3) is 2.03. The first-order chi connectivity index (χ1) is 7.68. The first kappa shape index (κ1) is 11.4. The predicted molar refractivity (Wildman–Crippen MR) is 59.3 cm³/mol. The minimum Gasteiger partial charge on any atom is -0.495 e. The van der Waals surface area contributed by atoms with Crippen molar-refractivity contribution in [3.8, 4) is 5.75 Å². The number of methoxy groups -OCH3 is 1. The van der Waals surface area contributed by atoms with E-state index in [0.29, 0.717) is 25.2 Å². The third-order valence-electron chi connectivity index (χ3n) is 3.02. The van der Waals surface area contributed by atoms with E-state index in [0.717, 1.165) is 5.56 Å². The highest BCUT2D eigenvalue weighted by Gasteiger charge is 2.44. The van der Waals surface area contributed by atoms with Crippen LogP contribution in [0.2, 0.25) is 0 Å². The quantitative estimate of drug-likeness (QED) is 0.840. The van der Waals surface area contributed by atoms with Crippen molar-refractivity contribution in [3.63, 3.8) is 0 Å². The van der Waals surface area contributed by atoms with Gasteiger partial charge in [0.15, 0.2) is 0 Å². The molecule has 0 spiro atoms. The van der Waals surface area contributed by atoms with Gasteiger partial charge in [-0.25, -0.2) is 0 Å². The largest absolute Gasteiger partial charge is 0.495 e. The maximum atomic E-state index is 10.3. The van der Waals surface area contributed by atoms with Gasteiger partial charge in [-0.15, -0.1) is 0 Å². The van der Waals surface area contributed by atoms with Crippen LogP contribution in [0.3, 0.4) is 0 Å². The van der Waals surface area contributed by atoms with Gasteiger partial charge < -0.3 is 14.6 Å². The number of ether oxygens (including phenoxy) is 2. The summed E-state index contributed by atoms with van der Waals surface area (Å²) >= 11 is 0. The number of nitrogens with zero attached hydrogens (tertiary/aromatic N) is 1. The van der Waals surface area contributed by atoms with Gasteiger partial charge in [0.2, 0.25) is 0 Å². The van der Waals surface area contributed by atoms with Crippen LogP contribution in [0.15, 0.2) is 18.5 Å². The van der Waals surface area contributed by atoms with Crippen LogP contribution >= 0.6 is 0 Å². The third-order valence-corrected chi connectivity index (χ3v) is 3.02. The van der Waals surface area contributed by atoms with Gasteiger partial charge >= 0.3 is 0 Å². The van der Waals surface area contributed by atoms with E-state index >= 15 is 0 Å². The summed E-state index contributed by atoms with van der Waals surface area (Å²) in [6, 6.07) is 1.83. The summed E-state index contributed by atoms with van der Waals surface area (Å²) in [5, 5.41) is 10.3. The summed E-state index contributed by atoms with van der Waals surface area (Å²) in [6.45, 7) is 2.65. The Morgan fingerprint density at radius 3 is 2.88 bits per heavy atom. The van der Waals surface area contributed by atoms with Crippen molar-refractivity contribution in [1.29, 1.82) is 0 Å². The van der Waals surface area contributed by atoms with Crippen LogP contribution in [0.25, 0.3) is 0 Å². The molecule has 0 radical (unpaired) electrons. The predicted octanol–water partition coefficient (Wildman–Crippen LogP) is 1.48. The number of aromatic nitrogens is 1. The van der Waals surface area contributed by atoms with Crippen LogP contribution in [-0.4, -0.2) is 29.9 Å². The van der Waals surface area contributed by atoms with Gasteiger partial charge in [0.1, 0.15) is 5.75 Å². The van der Waals surface area contributed by atoms with E-state index in [-0.39, 0.29) is 6.10 Å². The summed E-state index contributed by atoms with van der Waals surface area (Å²) in [5.74, 6) is 0.672. The molecule has 1 aliphatic carbocycles. The van der Waals surface area contributed by atoms with E-state index in [2.05, 4.69) is 4.98 Å². The van der Waals surface area contributed by atoms with Crippen LogP contribution in [0, 0.1) is 0 Å². The first-order valence-corrected chi connectivity index (χ1v) is 5.51. The molecule has 0 atom stereocenters. The number of aliphatic hydroxyl groups is 1. The molecule has 1 aliphatic rings. The maximum absolute atomic E-state index is 10.3. The van der Waals surface area contributed by atoms with Gasteiger partial charge in [0.25, 0.3) is 0 Å². The fraction of sp³-hybridized carbons (Fsp3) is 0.583. The molecule has 0 aliphatic heterocycles. The van der Waals surface area contributed by atoms with E-state index in [1.165, 1.54) is 0 Å². The Morgan fingerprint density at radius 2 is 2.25 bits per heavy atom. The van der Waals surface area contributed by atoms with Crippen LogP contribution in [0.1, 0.15) is 25.3 Å². The molecule has 4 nitrogen and oxygen atoms in total. The zero-order valence-electron chi connectivity index (χ0n) is 9.64. The lowest BCUT2D eigenvalue weighted by molar-refractivity contribution is -0.142. The molecule has 0 saturated heterocycles. The SMILES string of the molecule is CCOC1CC(O)(c2cncc(OC)c2)C1. The van der Waals surface area contributed by atoms with Gasteiger partial charge in [-0.1, -0.05) is 0 Å². The molecule has 0 bridgehead atoms. The normalized spacial score (nSPS) is 28.6. The Hall–Kier alpha value is -1.13. The van der Waals surface area contributed by atoms with E-state index in [9.17, 15) is 5.11 Å².